The molecule has 1 amide bonds. The third-order valence-corrected chi connectivity index (χ3v) is 2.68. The molecule has 1 aromatic rings. The molecule has 0 unspecified atom stereocenters. The van der Waals surface area contributed by atoms with E-state index in [0.717, 1.165) is 25.9 Å². The largest absolute Gasteiger partial charge is 0.459 e. The van der Waals surface area contributed by atoms with Gasteiger partial charge in [0.2, 0.25) is 0 Å². The molecular weight excluding hydrogens is 204 g/mol. The molecule has 0 fully saturated rings. The molecule has 0 aromatic carbocycles. The van der Waals surface area contributed by atoms with E-state index in [-0.39, 0.29) is 5.91 Å². The van der Waals surface area contributed by atoms with Crippen molar-refractivity contribution in [3.05, 3.63) is 35.8 Å². The Hall–Kier alpha value is -1.55. The zero-order chi connectivity index (χ0) is 11.4. The molecule has 0 saturated heterocycles. The summed E-state index contributed by atoms with van der Waals surface area (Å²) < 4.78 is 5.04. The predicted molar refractivity (Wildman–Crippen MR) is 60.7 cm³/mol. The van der Waals surface area contributed by atoms with Gasteiger partial charge in [-0.2, -0.15) is 0 Å². The summed E-state index contributed by atoms with van der Waals surface area (Å²) in [5, 5.41) is 1.93. The Morgan fingerprint density at radius 3 is 3.19 bits per heavy atom. The maximum atomic E-state index is 11.7. The summed E-state index contributed by atoms with van der Waals surface area (Å²) in [4.78, 5) is 11.7. The Bertz CT molecular complexity index is 382. The van der Waals surface area contributed by atoms with Crippen LogP contribution in [0.3, 0.4) is 0 Å². The van der Waals surface area contributed by atoms with Crippen LogP contribution in [0.2, 0.25) is 0 Å². The molecule has 16 heavy (non-hydrogen) atoms. The minimum absolute atomic E-state index is 0.178. The second-order valence-electron chi connectivity index (χ2n) is 3.84. The Morgan fingerprint density at radius 1 is 1.62 bits per heavy atom. The zero-order valence-corrected chi connectivity index (χ0v) is 9.40. The molecule has 86 valence electrons. The number of amides is 1. The van der Waals surface area contributed by atoms with Gasteiger partial charge in [-0.25, -0.2) is 5.01 Å². The van der Waals surface area contributed by atoms with Crippen LogP contribution in [0.25, 0.3) is 0 Å². The van der Waals surface area contributed by atoms with Gasteiger partial charge in [0.1, 0.15) is 0 Å². The van der Waals surface area contributed by atoms with Crippen molar-refractivity contribution < 1.29 is 9.21 Å². The smallest absolute Gasteiger partial charge is 0.301 e. The number of hydrogen-bond donors (Lipinski definition) is 1. The van der Waals surface area contributed by atoms with Crippen LogP contribution in [0, 0.1) is 0 Å². The van der Waals surface area contributed by atoms with Gasteiger partial charge in [0.05, 0.1) is 6.26 Å². The molecule has 2 heterocycles. The number of hydrogen-bond acceptors (Lipinski definition) is 3. The van der Waals surface area contributed by atoms with Gasteiger partial charge in [-0.05, 0) is 25.0 Å². The van der Waals surface area contributed by atoms with Crippen molar-refractivity contribution in [2.24, 2.45) is 0 Å². The molecule has 0 saturated carbocycles. The standard InChI is InChI=1S/C12H16N2O2/c1-2-10-5-3-7-14(9-10)13-12(15)11-6-4-8-16-11/h4-6,8H,2-3,7,9H2,1H3,(H,13,15). The first-order valence-corrected chi connectivity index (χ1v) is 5.57. The van der Waals surface area contributed by atoms with E-state index in [1.54, 1.807) is 12.1 Å². The average Bonchev–Trinajstić information content (AvgIpc) is 2.83. The Labute approximate surface area is 94.9 Å². The van der Waals surface area contributed by atoms with E-state index in [9.17, 15) is 4.79 Å². The minimum atomic E-state index is -0.178. The van der Waals surface area contributed by atoms with Crippen LogP contribution >= 0.6 is 0 Å². The number of furan rings is 1. The van der Waals surface area contributed by atoms with Gasteiger partial charge < -0.3 is 4.42 Å². The molecule has 0 atom stereocenters. The molecule has 0 bridgehead atoms. The molecule has 4 nitrogen and oxygen atoms in total. The lowest BCUT2D eigenvalue weighted by atomic mass is 10.1. The van der Waals surface area contributed by atoms with E-state index >= 15 is 0 Å². The Kier molecular flexibility index (Phi) is 3.41. The van der Waals surface area contributed by atoms with Crippen molar-refractivity contribution in [3.63, 3.8) is 0 Å². The summed E-state index contributed by atoms with van der Waals surface area (Å²) >= 11 is 0. The van der Waals surface area contributed by atoms with E-state index in [1.165, 1.54) is 11.8 Å². The highest BCUT2D eigenvalue weighted by Crippen LogP contribution is 2.11. The highest BCUT2D eigenvalue weighted by Gasteiger charge is 2.16. The van der Waals surface area contributed by atoms with E-state index in [1.807, 2.05) is 5.01 Å². The van der Waals surface area contributed by atoms with Crippen molar-refractivity contribution >= 4 is 5.91 Å². The number of nitrogens with zero attached hydrogens (tertiary/aromatic N) is 1. The summed E-state index contributed by atoms with van der Waals surface area (Å²) in [5.74, 6) is 0.176. The van der Waals surface area contributed by atoms with Gasteiger partial charge in [-0.3, -0.25) is 10.2 Å². The molecule has 1 aromatic heterocycles. The molecule has 1 aliphatic rings. The van der Waals surface area contributed by atoms with Crippen LogP contribution in [-0.2, 0) is 0 Å². The Morgan fingerprint density at radius 2 is 2.50 bits per heavy atom. The summed E-state index contributed by atoms with van der Waals surface area (Å²) in [7, 11) is 0. The maximum absolute atomic E-state index is 11.7. The van der Waals surface area contributed by atoms with Crippen molar-refractivity contribution in [1.82, 2.24) is 10.4 Å². The van der Waals surface area contributed by atoms with Gasteiger partial charge >= 0.3 is 5.91 Å². The summed E-state index contributed by atoms with van der Waals surface area (Å²) in [6.45, 7) is 3.79. The van der Waals surface area contributed by atoms with E-state index in [2.05, 4.69) is 18.4 Å². The van der Waals surface area contributed by atoms with Gasteiger partial charge in [0.15, 0.2) is 5.76 Å². The van der Waals surface area contributed by atoms with Crippen LogP contribution in [0.5, 0.6) is 0 Å². The highest BCUT2D eigenvalue weighted by molar-refractivity contribution is 5.90. The normalized spacial score (nSPS) is 16.9. The summed E-state index contributed by atoms with van der Waals surface area (Å²) in [6, 6.07) is 3.37. The van der Waals surface area contributed by atoms with Crippen molar-refractivity contribution in [2.75, 3.05) is 13.1 Å². The minimum Gasteiger partial charge on any atom is -0.459 e. The van der Waals surface area contributed by atoms with Crippen LogP contribution in [0.15, 0.2) is 34.5 Å². The molecule has 0 aliphatic carbocycles. The third-order valence-electron chi connectivity index (χ3n) is 2.68. The summed E-state index contributed by atoms with van der Waals surface area (Å²) in [5.41, 5.74) is 4.21. The van der Waals surface area contributed by atoms with Crippen LogP contribution in [0.4, 0.5) is 0 Å². The van der Waals surface area contributed by atoms with Crippen molar-refractivity contribution in [3.8, 4) is 0 Å². The van der Waals surface area contributed by atoms with Crippen LogP contribution in [0.1, 0.15) is 30.3 Å². The highest BCUT2D eigenvalue weighted by atomic mass is 16.3. The molecule has 2 rings (SSSR count). The predicted octanol–water partition coefficient (Wildman–Crippen LogP) is 1.97. The number of carbonyl (C=O) groups excluding carboxylic acids is 1. The molecule has 0 spiro atoms. The van der Waals surface area contributed by atoms with Crippen LogP contribution < -0.4 is 5.43 Å². The number of rotatable bonds is 3. The lowest BCUT2D eigenvalue weighted by molar-refractivity contribution is 0.0768. The fraction of sp³-hybridized carbons (Fsp3) is 0.417. The second-order valence-corrected chi connectivity index (χ2v) is 3.84. The number of nitrogens with one attached hydrogen (secondary N) is 1. The topological polar surface area (TPSA) is 45.5 Å². The van der Waals surface area contributed by atoms with Crippen molar-refractivity contribution in [2.45, 2.75) is 19.8 Å². The average molecular weight is 220 g/mol. The van der Waals surface area contributed by atoms with Gasteiger partial charge in [-0.1, -0.05) is 18.6 Å². The van der Waals surface area contributed by atoms with Crippen molar-refractivity contribution in [1.29, 1.82) is 0 Å². The zero-order valence-electron chi connectivity index (χ0n) is 9.40. The fourth-order valence-electron chi connectivity index (χ4n) is 1.77. The first-order valence-electron chi connectivity index (χ1n) is 5.57. The van der Waals surface area contributed by atoms with Gasteiger partial charge in [0, 0.05) is 13.1 Å². The van der Waals surface area contributed by atoms with E-state index in [0.29, 0.717) is 5.76 Å². The quantitative estimate of drug-likeness (QED) is 0.792. The Balaban J connectivity index is 1.91. The van der Waals surface area contributed by atoms with Gasteiger partial charge in [0.25, 0.3) is 0 Å². The monoisotopic (exact) mass is 220 g/mol. The first kappa shape index (κ1) is 11.0. The number of carbonyl (C=O) groups is 1. The first-order chi connectivity index (χ1) is 7.79. The molecular formula is C12H16N2O2. The lowest BCUT2D eigenvalue weighted by Crippen LogP contribution is -2.45. The third kappa shape index (κ3) is 2.52. The van der Waals surface area contributed by atoms with Gasteiger partial charge in [-0.15, -0.1) is 0 Å². The van der Waals surface area contributed by atoms with E-state index in [4.69, 9.17) is 4.42 Å². The summed E-state index contributed by atoms with van der Waals surface area (Å²) in [6.07, 6.45) is 5.77. The molecule has 4 heteroatoms. The van der Waals surface area contributed by atoms with Crippen LogP contribution in [-0.4, -0.2) is 24.0 Å². The number of hydrazine groups is 1. The molecule has 1 N–H and O–H groups in total. The maximum Gasteiger partial charge on any atom is 0.301 e. The fourth-order valence-corrected chi connectivity index (χ4v) is 1.77. The molecule has 1 aliphatic heterocycles. The molecule has 0 radical (unpaired) electrons. The van der Waals surface area contributed by atoms with E-state index < -0.39 is 0 Å². The lowest BCUT2D eigenvalue weighted by Gasteiger charge is -2.26. The second kappa shape index (κ2) is 4.99. The SMILES string of the molecule is CCC1=CCCN(NC(=O)c2ccco2)C1.